The lowest BCUT2D eigenvalue weighted by Crippen LogP contribution is -2.53. The predicted octanol–water partition coefficient (Wildman–Crippen LogP) is 2.46. The molecular weight excluding hydrogens is 338 g/mol. The molecule has 1 aliphatic rings. The number of hydrogen-bond donors (Lipinski definition) is 1. The highest BCUT2D eigenvalue weighted by Crippen LogP contribution is 2.18. The number of allylic oxidation sites excluding steroid dienone is 1. The van der Waals surface area contributed by atoms with Crippen LogP contribution >= 0.6 is 0 Å². The van der Waals surface area contributed by atoms with Crippen LogP contribution in [-0.2, 0) is 6.54 Å². The van der Waals surface area contributed by atoms with Crippen LogP contribution in [0.1, 0.15) is 25.8 Å². The van der Waals surface area contributed by atoms with Gasteiger partial charge in [-0.15, -0.1) is 0 Å². The molecule has 5 heteroatoms. The van der Waals surface area contributed by atoms with E-state index in [1.165, 1.54) is 11.1 Å². The van der Waals surface area contributed by atoms with E-state index in [0.717, 1.165) is 51.4 Å². The molecular formula is C22H37N3O2. The van der Waals surface area contributed by atoms with Gasteiger partial charge in [-0.25, -0.2) is 0 Å². The fourth-order valence-electron chi connectivity index (χ4n) is 3.36. The molecule has 0 spiro atoms. The van der Waals surface area contributed by atoms with Crippen LogP contribution in [0.5, 0.6) is 5.75 Å². The van der Waals surface area contributed by atoms with Gasteiger partial charge < -0.3 is 14.7 Å². The molecule has 0 radical (unpaired) electrons. The van der Waals surface area contributed by atoms with Gasteiger partial charge in [0.1, 0.15) is 12.4 Å². The minimum absolute atomic E-state index is 0.253. The first-order chi connectivity index (χ1) is 13.0. The van der Waals surface area contributed by atoms with Crippen LogP contribution in [0.25, 0.3) is 0 Å². The van der Waals surface area contributed by atoms with Gasteiger partial charge in [-0.05, 0) is 52.1 Å². The van der Waals surface area contributed by atoms with E-state index in [1.807, 2.05) is 0 Å². The third-order valence-electron chi connectivity index (χ3n) is 5.02. The van der Waals surface area contributed by atoms with Gasteiger partial charge in [0.05, 0.1) is 0 Å². The second-order valence-electron chi connectivity index (χ2n) is 7.97. The van der Waals surface area contributed by atoms with Gasteiger partial charge in [0.15, 0.2) is 0 Å². The quantitative estimate of drug-likeness (QED) is 0.636. The van der Waals surface area contributed by atoms with E-state index in [4.69, 9.17) is 4.74 Å². The Morgan fingerprint density at radius 2 is 1.96 bits per heavy atom. The van der Waals surface area contributed by atoms with Crippen LogP contribution in [0.2, 0.25) is 0 Å². The van der Waals surface area contributed by atoms with E-state index < -0.39 is 0 Å². The zero-order valence-corrected chi connectivity index (χ0v) is 17.5. The van der Waals surface area contributed by atoms with Crippen molar-refractivity contribution in [1.29, 1.82) is 0 Å². The van der Waals surface area contributed by atoms with E-state index in [1.54, 1.807) is 0 Å². The topological polar surface area (TPSA) is 39.2 Å². The fraction of sp³-hybridized carbons (Fsp3) is 0.636. The summed E-state index contributed by atoms with van der Waals surface area (Å²) < 4.78 is 5.78. The van der Waals surface area contributed by atoms with Crippen molar-refractivity contribution in [1.82, 2.24) is 14.7 Å². The van der Waals surface area contributed by atoms with Crippen LogP contribution in [-0.4, -0.2) is 85.9 Å². The van der Waals surface area contributed by atoms with Crippen molar-refractivity contribution in [3.05, 3.63) is 41.5 Å². The number of hydrogen-bond acceptors (Lipinski definition) is 5. The monoisotopic (exact) mass is 375 g/mol. The Bertz CT molecular complexity index is 567. The maximum absolute atomic E-state index is 9.45. The summed E-state index contributed by atoms with van der Waals surface area (Å²) in [6.45, 7) is 11.3. The maximum Gasteiger partial charge on any atom is 0.119 e. The number of rotatable bonds is 10. The molecule has 1 fully saturated rings. The average molecular weight is 376 g/mol. The molecule has 1 aromatic rings. The van der Waals surface area contributed by atoms with Crippen LogP contribution in [0.4, 0.5) is 0 Å². The summed E-state index contributed by atoms with van der Waals surface area (Å²) in [4.78, 5) is 7.12. The molecule has 1 N–H and O–H groups in total. The summed E-state index contributed by atoms with van der Waals surface area (Å²) in [5, 5.41) is 9.45. The minimum atomic E-state index is 0.253. The number of likely N-dealkylation sites (N-methyl/N-ethyl adjacent to an activating group) is 1. The van der Waals surface area contributed by atoms with Crippen molar-refractivity contribution in [2.45, 2.75) is 32.9 Å². The molecule has 1 saturated heterocycles. The van der Waals surface area contributed by atoms with Crippen molar-refractivity contribution in [2.75, 3.05) is 60.0 Å². The Kier molecular flexibility index (Phi) is 9.28. The molecule has 0 bridgehead atoms. The SMILES string of the molecule is CC(C)=CCN1CCN(Cc2ccc(OCCN(C)C)cc2)C[C@H]1CCO. The van der Waals surface area contributed by atoms with Gasteiger partial charge in [-0.2, -0.15) is 0 Å². The predicted molar refractivity (Wildman–Crippen MR) is 112 cm³/mol. The number of benzene rings is 1. The standard InChI is InChI=1S/C22H37N3O2/c1-19(2)9-11-25-13-12-24(18-21(25)10-15-26)17-20-5-7-22(8-6-20)27-16-14-23(3)4/h5-9,21,26H,10-18H2,1-4H3/t21-/m1/s1. The first-order valence-corrected chi connectivity index (χ1v) is 10.0. The molecule has 27 heavy (non-hydrogen) atoms. The maximum atomic E-state index is 9.45. The van der Waals surface area contributed by atoms with Crippen molar-refractivity contribution in [3.8, 4) is 5.75 Å². The average Bonchev–Trinajstić information content (AvgIpc) is 2.62. The van der Waals surface area contributed by atoms with E-state index in [9.17, 15) is 5.11 Å². The summed E-state index contributed by atoms with van der Waals surface area (Å²) in [5.41, 5.74) is 2.67. The summed E-state index contributed by atoms with van der Waals surface area (Å²) in [6.07, 6.45) is 3.13. The lowest BCUT2D eigenvalue weighted by Gasteiger charge is -2.41. The van der Waals surface area contributed by atoms with E-state index in [0.29, 0.717) is 12.6 Å². The van der Waals surface area contributed by atoms with Gasteiger partial charge in [0.2, 0.25) is 0 Å². The molecule has 5 nitrogen and oxygen atoms in total. The molecule has 0 unspecified atom stereocenters. The molecule has 1 atom stereocenters. The Morgan fingerprint density at radius 3 is 2.59 bits per heavy atom. The third-order valence-corrected chi connectivity index (χ3v) is 5.02. The van der Waals surface area contributed by atoms with Crippen molar-refractivity contribution in [2.24, 2.45) is 0 Å². The number of piperazine rings is 1. The minimum Gasteiger partial charge on any atom is -0.492 e. The van der Waals surface area contributed by atoms with Gasteiger partial charge in [0.25, 0.3) is 0 Å². The molecule has 152 valence electrons. The number of aliphatic hydroxyl groups excluding tert-OH is 1. The van der Waals surface area contributed by atoms with E-state index in [-0.39, 0.29) is 6.61 Å². The van der Waals surface area contributed by atoms with Crippen molar-refractivity contribution in [3.63, 3.8) is 0 Å². The fourth-order valence-corrected chi connectivity index (χ4v) is 3.36. The lowest BCUT2D eigenvalue weighted by atomic mass is 10.1. The van der Waals surface area contributed by atoms with Crippen LogP contribution in [0.3, 0.4) is 0 Å². The van der Waals surface area contributed by atoms with Gasteiger partial charge >= 0.3 is 0 Å². The number of ether oxygens (including phenoxy) is 1. The highest BCUT2D eigenvalue weighted by Gasteiger charge is 2.25. The molecule has 1 heterocycles. The van der Waals surface area contributed by atoms with E-state index >= 15 is 0 Å². The highest BCUT2D eigenvalue weighted by molar-refractivity contribution is 5.27. The second kappa shape index (κ2) is 11.4. The largest absolute Gasteiger partial charge is 0.492 e. The van der Waals surface area contributed by atoms with Gasteiger partial charge in [-0.1, -0.05) is 23.8 Å². The number of aliphatic hydroxyl groups is 1. The molecule has 0 amide bonds. The Labute approximate surface area is 165 Å². The summed E-state index contributed by atoms with van der Waals surface area (Å²) in [6, 6.07) is 8.90. The third kappa shape index (κ3) is 8.01. The molecule has 2 rings (SSSR count). The summed E-state index contributed by atoms with van der Waals surface area (Å²) >= 11 is 0. The Morgan fingerprint density at radius 1 is 1.22 bits per heavy atom. The Hall–Kier alpha value is -1.40. The first kappa shape index (κ1) is 21.9. The lowest BCUT2D eigenvalue weighted by molar-refractivity contribution is 0.0636. The molecule has 0 aliphatic carbocycles. The molecule has 0 aromatic heterocycles. The van der Waals surface area contributed by atoms with Crippen LogP contribution < -0.4 is 4.74 Å². The first-order valence-electron chi connectivity index (χ1n) is 10.0. The van der Waals surface area contributed by atoms with Crippen molar-refractivity contribution >= 4 is 0 Å². The number of nitrogens with zero attached hydrogens (tertiary/aromatic N) is 3. The molecule has 1 aromatic carbocycles. The van der Waals surface area contributed by atoms with Gasteiger partial charge in [0, 0.05) is 51.9 Å². The smallest absolute Gasteiger partial charge is 0.119 e. The van der Waals surface area contributed by atoms with Crippen molar-refractivity contribution < 1.29 is 9.84 Å². The summed E-state index contributed by atoms with van der Waals surface area (Å²) in [7, 11) is 4.10. The van der Waals surface area contributed by atoms with Gasteiger partial charge in [-0.3, -0.25) is 9.80 Å². The van der Waals surface area contributed by atoms with E-state index in [2.05, 4.69) is 73.0 Å². The molecule has 0 saturated carbocycles. The van der Waals surface area contributed by atoms with Crippen LogP contribution in [0.15, 0.2) is 35.9 Å². The molecule has 1 aliphatic heterocycles. The van der Waals surface area contributed by atoms with Crippen LogP contribution in [0, 0.1) is 0 Å². The zero-order valence-electron chi connectivity index (χ0n) is 17.5. The Balaban J connectivity index is 1.85. The summed E-state index contributed by atoms with van der Waals surface area (Å²) in [5.74, 6) is 0.935. The highest BCUT2D eigenvalue weighted by atomic mass is 16.5. The zero-order chi connectivity index (χ0) is 19.6. The normalized spacial score (nSPS) is 18.7. The second-order valence-corrected chi connectivity index (χ2v) is 7.97.